The molecule has 2 aliphatic heterocycles. The number of nitrogens with zero attached hydrogens (tertiary/aromatic N) is 3. The van der Waals surface area contributed by atoms with E-state index in [1.54, 1.807) is 18.0 Å². The first-order valence-corrected chi connectivity index (χ1v) is 13.8. The Labute approximate surface area is 233 Å². The van der Waals surface area contributed by atoms with Crippen molar-refractivity contribution in [3.63, 3.8) is 0 Å². The van der Waals surface area contributed by atoms with Crippen LogP contribution in [0.4, 0.5) is 0 Å². The van der Waals surface area contributed by atoms with Gasteiger partial charge in [0.05, 0.1) is 23.4 Å². The Hall–Kier alpha value is -3.33. The molecule has 8 nitrogen and oxygen atoms in total. The summed E-state index contributed by atoms with van der Waals surface area (Å²) in [6.07, 6.45) is 4.37. The van der Waals surface area contributed by atoms with E-state index >= 15 is 0 Å². The van der Waals surface area contributed by atoms with Crippen LogP contribution in [0.25, 0.3) is 11.3 Å². The Morgan fingerprint density at radius 2 is 2.00 bits per heavy atom. The number of fused-ring (bicyclic) bond motifs is 1. The molecule has 0 spiro atoms. The second kappa shape index (κ2) is 11.8. The summed E-state index contributed by atoms with van der Waals surface area (Å²) in [5.74, 6) is 0.780. The first-order chi connectivity index (χ1) is 18.8. The third-order valence-electron chi connectivity index (χ3n) is 7.66. The van der Waals surface area contributed by atoms with Gasteiger partial charge in [-0.1, -0.05) is 48.0 Å². The van der Waals surface area contributed by atoms with Crippen molar-refractivity contribution in [2.45, 2.75) is 58.3 Å². The van der Waals surface area contributed by atoms with Crippen LogP contribution >= 0.6 is 11.6 Å². The second-order valence-corrected chi connectivity index (χ2v) is 10.8. The molecule has 204 valence electrons. The van der Waals surface area contributed by atoms with Crippen LogP contribution in [0.15, 0.2) is 48.7 Å². The monoisotopic (exact) mass is 548 g/mol. The summed E-state index contributed by atoms with van der Waals surface area (Å²) in [7, 11) is 0. The number of aromatic nitrogens is 2. The average molecular weight is 549 g/mol. The molecular weight excluding hydrogens is 516 g/mol. The van der Waals surface area contributed by atoms with Gasteiger partial charge in [0, 0.05) is 43.5 Å². The van der Waals surface area contributed by atoms with Crippen molar-refractivity contribution < 1.29 is 19.4 Å². The Kier molecular flexibility index (Phi) is 8.26. The van der Waals surface area contributed by atoms with E-state index in [9.17, 15) is 14.7 Å². The molecule has 3 heterocycles. The van der Waals surface area contributed by atoms with E-state index in [0.717, 1.165) is 60.6 Å². The van der Waals surface area contributed by atoms with Gasteiger partial charge >= 0.3 is 0 Å². The van der Waals surface area contributed by atoms with Crippen LogP contribution in [0, 0.1) is 5.92 Å². The van der Waals surface area contributed by atoms with E-state index in [1.807, 2.05) is 49.4 Å². The van der Waals surface area contributed by atoms with E-state index in [-0.39, 0.29) is 24.5 Å². The van der Waals surface area contributed by atoms with Gasteiger partial charge in [0.2, 0.25) is 5.91 Å². The summed E-state index contributed by atoms with van der Waals surface area (Å²) < 4.78 is 5.46. The quantitative estimate of drug-likeness (QED) is 0.430. The standard InChI is InChI=1S/C30H33ClN4O4/c1-18(22-5-3-4-21(12-22)17-36)33-29(37)19(2)35-16-24-7-6-23(14-25(24)30(35)38)28-26(31)15-32-27(34-28)13-20-8-10-39-11-9-20/h3-7,12,14-15,18-20,36H,8-11,13,16-17H2,1-2H3,(H,33,37)/t18-,19-/m1/s1. The smallest absolute Gasteiger partial charge is 0.255 e. The van der Waals surface area contributed by atoms with Gasteiger partial charge in [0.15, 0.2) is 0 Å². The normalized spacial score (nSPS) is 17.1. The minimum Gasteiger partial charge on any atom is -0.392 e. The first-order valence-electron chi connectivity index (χ1n) is 13.4. The fraction of sp³-hybridized carbons (Fsp3) is 0.400. The molecule has 2 aliphatic rings. The fourth-order valence-electron chi connectivity index (χ4n) is 5.22. The maximum Gasteiger partial charge on any atom is 0.255 e. The highest BCUT2D eigenvalue weighted by Gasteiger charge is 2.34. The minimum atomic E-state index is -0.662. The molecule has 0 aliphatic carbocycles. The number of carbonyl (C=O) groups excluding carboxylic acids is 2. The molecule has 3 aromatic rings. The maximum atomic E-state index is 13.4. The number of aliphatic hydroxyl groups is 1. The third-order valence-corrected chi connectivity index (χ3v) is 7.94. The van der Waals surface area contributed by atoms with Gasteiger partial charge in [-0.15, -0.1) is 0 Å². The van der Waals surface area contributed by atoms with E-state index in [2.05, 4.69) is 10.3 Å². The average Bonchev–Trinajstić information content (AvgIpc) is 3.29. The highest BCUT2D eigenvalue weighted by atomic mass is 35.5. The molecule has 39 heavy (non-hydrogen) atoms. The lowest BCUT2D eigenvalue weighted by molar-refractivity contribution is -0.125. The van der Waals surface area contributed by atoms with Crippen molar-refractivity contribution in [3.05, 3.63) is 81.8 Å². The predicted octanol–water partition coefficient (Wildman–Crippen LogP) is 4.48. The van der Waals surface area contributed by atoms with E-state index in [0.29, 0.717) is 28.7 Å². The largest absolute Gasteiger partial charge is 0.392 e. The van der Waals surface area contributed by atoms with Crippen LogP contribution in [-0.2, 0) is 29.1 Å². The summed E-state index contributed by atoms with van der Waals surface area (Å²) in [6, 6.07) is 12.2. The van der Waals surface area contributed by atoms with Gasteiger partial charge < -0.3 is 20.1 Å². The van der Waals surface area contributed by atoms with Gasteiger partial charge in [0.1, 0.15) is 11.9 Å². The number of ether oxygens (including phenoxy) is 1. The van der Waals surface area contributed by atoms with Crippen molar-refractivity contribution in [1.29, 1.82) is 0 Å². The van der Waals surface area contributed by atoms with Crippen LogP contribution in [0.3, 0.4) is 0 Å². The lowest BCUT2D eigenvalue weighted by Crippen LogP contribution is -2.45. The Balaban J connectivity index is 1.29. The zero-order valence-corrected chi connectivity index (χ0v) is 22.9. The number of hydrogen-bond donors (Lipinski definition) is 2. The van der Waals surface area contributed by atoms with Crippen LogP contribution in [-0.4, -0.2) is 51.0 Å². The van der Waals surface area contributed by atoms with Crippen LogP contribution in [0.2, 0.25) is 5.02 Å². The van der Waals surface area contributed by atoms with Crippen LogP contribution < -0.4 is 5.32 Å². The van der Waals surface area contributed by atoms with Crippen LogP contribution in [0.5, 0.6) is 0 Å². The number of hydrogen-bond acceptors (Lipinski definition) is 6. The Bertz CT molecular complexity index is 1370. The molecule has 1 saturated heterocycles. The molecule has 1 aromatic heterocycles. The van der Waals surface area contributed by atoms with Gasteiger partial charge in [-0.25, -0.2) is 9.97 Å². The van der Waals surface area contributed by atoms with Crippen molar-refractivity contribution >= 4 is 23.4 Å². The van der Waals surface area contributed by atoms with E-state index in [1.165, 1.54) is 0 Å². The fourth-order valence-corrected chi connectivity index (χ4v) is 5.42. The van der Waals surface area contributed by atoms with Crippen molar-refractivity contribution in [2.24, 2.45) is 5.92 Å². The number of benzene rings is 2. The minimum absolute atomic E-state index is 0.0646. The highest BCUT2D eigenvalue weighted by molar-refractivity contribution is 6.32. The lowest BCUT2D eigenvalue weighted by atomic mass is 9.96. The number of aliphatic hydroxyl groups excluding tert-OH is 1. The molecule has 0 radical (unpaired) electrons. The number of halogens is 1. The summed E-state index contributed by atoms with van der Waals surface area (Å²) in [6.45, 7) is 5.44. The van der Waals surface area contributed by atoms with Gasteiger partial charge in [0.25, 0.3) is 5.91 Å². The Morgan fingerprint density at radius 3 is 2.77 bits per heavy atom. The third kappa shape index (κ3) is 5.98. The summed E-state index contributed by atoms with van der Waals surface area (Å²) in [4.78, 5) is 37.3. The van der Waals surface area contributed by atoms with E-state index < -0.39 is 6.04 Å². The van der Waals surface area contributed by atoms with Crippen LogP contribution in [0.1, 0.15) is 65.6 Å². The number of amides is 2. The predicted molar refractivity (Wildman–Crippen MR) is 148 cm³/mol. The molecule has 0 unspecified atom stereocenters. The number of carbonyl (C=O) groups is 2. The van der Waals surface area contributed by atoms with Crippen molar-refractivity contribution in [1.82, 2.24) is 20.2 Å². The van der Waals surface area contributed by atoms with E-state index in [4.69, 9.17) is 21.3 Å². The second-order valence-electron chi connectivity index (χ2n) is 10.4. The van der Waals surface area contributed by atoms with Crippen molar-refractivity contribution in [3.8, 4) is 11.3 Å². The molecule has 0 saturated carbocycles. The zero-order valence-electron chi connectivity index (χ0n) is 22.2. The molecule has 5 rings (SSSR count). The summed E-state index contributed by atoms with van der Waals surface area (Å²) in [5, 5.41) is 12.8. The lowest BCUT2D eigenvalue weighted by Gasteiger charge is -2.25. The Morgan fingerprint density at radius 1 is 1.21 bits per heavy atom. The van der Waals surface area contributed by atoms with Gasteiger partial charge in [-0.3, -0.25) is 9.59 Å². The molecule has 2 N–H and O–H groups in total. The first kappa shape index (κ1) is 27.2. The molecule has 0 bridgehead atoms. The number of nitrogens with one attached hydrogen (secondary N) is 1. The highest BCUT2D eigenvalue weighted by Crippen LogP contribution is 2.32. The molecule has 2 amide bonds. The maximum absolute atomic E-state index is 13.4. The van der Waals surface area contributed by atoms with Gasteiger partial charge in [-0.2, -0.15) is 0 Å². The molecule has 2 aromatic carbocycles. The number of rotatable bonds is 8. The molecule has 9 heteroatoms. The molecular formula is C30H33ClN4O4. The molecule has 1 fully saturated rings. The SMILES string of the molecule is C[C@H](C(=O)N[C@H](C)c1cccc(CO)c1)N1Cc2ccc(-c3nc(CC4CCOCC4)ncc3Cl)cc2C1=O. The zero-order chi connectivity index (χ0) is 27.5. The summed E-state index contributed by atoms with van der Waals surface area (Å²) >= 11 is 6.49. The van der Waals surface area contributed by atoms with Gasteiger partial charge in [-0.05, 0) is 55.4 Å². The molecule has 2 atom stereocenters. The van der Waals surface area contributed by atoms with Crippen molar-refractivity contribution in [2.75, 3.05) is 13.2 Å². The summed E-state index contributed by atoms with van der Waals surface area (Å²) in [5.41, 5.74) is 4.44. The topological polar surface area (TPSA) is 105 Å².